The fourth-order valence-corrected chi connectivity index (χ4v) is 2.02. The van der Waals surface area contributed by atoms with Gasteiger partial charge in [-0.25, -0.2) is 14.2 Å². The zero-order chi connectivity index (χ0) is 15.2. The fraction of sp³-hybridized carbons (Fsp3) is 0.538. The summed E-state index contributed by atoms with van der Waals surface area (Å²) in [6, 6.07) is 2.52. The van der Waals surface area contributed by atoms with Gasteiger partial charge in [0.1, 0.15) is 6.17 Å². The summed E-state index contributed by atoms with van der Waals surface area (Å²) < 4.78 is 40.8. The molecular formula is C13H16F3N3O2. The summed E-state index contributed by atoms with van der Waals surface area (Å²) in [5.74, 6) is -0.00844. The lowest BCUT2D eigenvalue weighted by Crippen LogP contribution is -2.41. The number of nitrogens with one attached hydrogen (secondary N) is 2. The zero-order valence-electron chi connectivity index (χ0n) is 11.2. The first-order valence-electron chi connectivity index (χ1n) is 6.58. The van der Waals surface area contributed by atoms with E-state index in [2.05, 4.69) is 20.4 Å². The molecular weight excluding hydrogens is 287 g/mol. The Morgan fingerprint density at radius 1 is 1.43 bits per heavy atom. The molecule has 2 N–H and O–H groups in total. The van der Waals surface area contributed by atoms with Crippen LogP contribution >= 0.6 is 0 Å². The van der Waals surface area contributed by atoms with Crippen molar-refractivity contribution in [1.29, 1.82) is 0 Å². The van der Waals surface area contributed by atoms with Crippen molar-refractivity contribution in [2.24, 2.45) is 5.92 Å². The van der Waals surface area contributed by atoms with Crippen LogP contribution in [0.2, 0.25) is 0 Å². The van der Waals surface area contributed by atoms with E-state index in [4.69, 9.17) is 0 Å². The highest BCUT2D eigenvalue weighted by atomic mass is 19.3. The summed E-state index contributed by atoms with van der Waals surface area (Å²) in [5, 5.41) is 5.22. The van der Waals surface area contributed by atoms with E-state index in [1.165, 1.54) is 12.3 Å². The SMILES string of the molecule is O=C(NCc1ccnc(OC(F)F)c1)NCC1CC(F)C1. The standard InChI is InChI=1S/C13H16F3N3O2/c14-10-3-9(4-10)7-19-13(20)18-6-8-1-2-17-11(5-8)21-12(15)16/h1-2,5,9-10,12H,3-4,6-7H2,(H2,18,19,20). The van der Waals surface area contributed by atoms with E-state index in [1.807, 2.05) is 0 Å². The summed E-state index contributed by atoms with van der Waals surface area (Å²) in [5.41, 5.74) is 0.586. The minimum Gasteiger partial charge on any atom is -0.417 e. The molecule has 0 saturated heterocycles. The highest BCUT2D eigenvalue weighted by Gasteiger charge is 2.28. The summed E-state index contributed by atoms with van der Waals surface area (Å²) in [6.45, 7) is -2.35. The van der Waals surface area contributed by atoms with E-state index in [-0.39, 0.29) is 24.4 Å². The van der Waals surface area contributed by atoms with Crippen LogP contribution in [0.5, 0.6) is 5.88 Å². The Morgan fingerprint density at radius 2 is 2.19 bits per heavy atom. The molecule has 0 atom stereocenters. The number of nitrogens with zero attached hydrogens (tertiary/aromatic N) is 1. The Morgan fingerprint density at radius 3 is 2.86 bits per heavy atom. The van der Waals surface area contributed by atoms with Gasteiger partial charge in [-0.1, -0.05) is 0 Å². The number of carbonyl (C=O) groups is 1. The molecule has 0 spiro atoms. The number of alkyl halides is 3. The van der Waals surface area contributed by atoms with Crippen molar-refractivity contribution >= 4 is 6.03 Å². The van der Waals surface area contributed by atoms with E-state index in [1.54, 1.807) is 6.07 Å². The van der Waals surface area contributed by atoms with Crippen molar-refractivity contribution in [1.82, 2.24) is 15.6 Å². The first-order valence-corrected chi connectivity index (χ1v) is 6.58. The van der Waals surface area contributed by atoms with Gasteiger partial charge in [0.15, 0.2) is 0 Å². The molecule has 1 aliphatic carbocycles. The van der Waals surface area contributed by atoms with Crippen LogP contribution in [-0.4, -0.2) is 30.3 Å². The Bertz CT molecular complexity index is 481. The molecule has 0 unspecified atom stereocenters. The van der Waals surface area contributed by atoms with E-state index < -0.39 is 12.8 Å². The second kappa shape index (κ2) is 7.14. The van der Waals surface area contributed by atoms with E-state index in [0.717, 1.165) is 0 Å². The van der Waals surface area contributed by atoms with Crippen molar-refractivity contribution in [3.8, 4) is 5.88 Å². The minimum absolute atomic E-state index is 0.157. The number of hydrogen-bond donors (Lipinski definition) is 2. The summed E-state index contributed by atoms with van der Waals surface area (Å²) in [7, 11) is 0. The molecule has 2 amide bonds. The van der Waals surface area contributed by atoms with Gasteiger partial charge in [-0.2, -0.15) is 8.78 Å². The van der Waals surface area contributed by atoms with Crippen LogP contribution in [-0.2, 0) is 6.54 Å². The molecule has 5 nitrogen and oxygen atoms in total. The largest absolute Gasteiger partial charge is 0.417 e. The summed E-state index contributed by atoms with van der Waals surface area (Å²) >= 11 is 0. The quantitative estimate of drug-likeness (QED) is 0.847. The average molecular weight is 303 g/mol. The molecule has 1 saturated carbocycles. The average Bonchev–Trinajstić information content (AvgIpc) is 2.40. The molecule has 0 radical (unpaired) electrons. The molecule has 0 bridgehead atoms. The van der Waals surface area contributed by atoms with Crippen LogP contribution in [0.15, 0.2) is 18.3 Å². The molecule has 1 heterocycles. The van der Waals surface area contributed by atoms with Gasteiger partial charge < -0.3 is 15.4 Å². The van der Waals surface area contributed by atoms with Crippen LogP contribution in [0.4, 0.5) is 18.0 Å². The summed E-state index contributed by atoms with van der Waals surface area (Å²) in [4.78, 5) is 15.1. The fourth-order valence-electron chi connectivity index (χ4n) is 2.02. The van der Waals surface area contributed by atoms with Gasteiger partial charge in [-0.3, -0.25) is 0 Å². The number of halogens is 3. The minimum atomic E-state index is -2.94. The second-order valence-corrected chi connectivity index (χ2v) is 4.88. The van der Waals surface area contributed by atoms with Gasteiger partial charge in [-0.15, -0.1) is 0 Å². The normalized spacial score (nSPS) is 20.8. The number of rotatable bonds is 6. The topological polar surface area (TPSA) is 63.2 Å². The number of amides is 2. The van der Waals surface area contributed by atoms with Crippen LogP contribution in [0, 0.1) is 5.92 Å². The molecule has 8 heteroatoms. The molecule has 1 aromatic heterocycles. The first kappa shape index (κ1) is 15.4. The van der Waals surface area contributed by atoms with E-state index in [0.29, 0.717) is 24.9 Å². The van der Waals surface area contributed by atoms with E-state index >= 15 is 0 Å². The number of aromatic nitrogens is 1. The molecule has 0 aromatic carbocycles. The van der Waals surface area contributed by atoms with Crippen LogP contribution in [0.1, 0.15) is 18.4 Å². The number of pyridine rings is 1. The van der Waals surface area contributed by atoms with Gasteiger partial charge >= 0.3 is 12.6 Å². The van der Waals surface area contributed by atoms with Crippen molar-refractivity contribution < 1.29 is 22.7 Å². The third-order valence-corrected chi connectivity index (χ3v) is 3.19. The van der Waals surface area contributed by atoms with Crippen molar-refractivity contribution in [2.45, 2.75) is 32.2 Å². The lowest BCUT2D eigenvalue weighted by atomic mass is 9.83. The Balaban J connectivity index is 1.70. The smallest absolute Gasteiger partial charge is 0.388 e. The molecule has 0 aliphatic heterocycles. The first-order chi connectivity index (χ1) is 10.0. The van der Waals surface area contributed by atoms with Gasteiger partial charge in [0.05, 0.1) is 0 Å². The molecule has 116 valence electrons. The third-order valence-electron chi connectivity index (χ3n) is 3.19. The number of hydrogen-bond acceptors (Lipinski definition) is 3. The van der Waals surface area contributed by atoms with Crippen LogP contribution in [0.25, 0.3) is 0 Å². The Hall–Kier alpha value is -1.99. The number of urea groups is 1. The van der Waals surface area contributed by atoms with Crippen LogP contribution in [0.3, 0.4) is 0 Å². The van der Waals surface area contributed by atoms with Crippen molar-refractivity contribution in [3.05, 3.63) is 23.9 Å². The van der Waals surface area contributed by atoms with Gasteiger partial charge in [0.25, 0.3) is 0 Å². The predicted molar refractivity (Wildman–Crippen MR) is 68.7 cm³/mol. The Labute approximate surface area is 119 Å². The van der Waals surface area contributed by atoms with Crippen molar-refractivity contribution in [3.63, 3.8) is 0 Å². The maximum Gasteiger partial charge on any atom is 0.388 e. The van der Waals surface area contributed by atoms with Crippen LogP contribution < -0.4 is 15.4 Å². The highest BCUT2D eigenvalue weighted by Crippen LogP contribution is 2.29. The zero-order valence-corrected chi connectivity index (χ0v) is 11.2. The van der Waals surface area contributed by atoms with Gasteiger partial charge in [0.2, 0.25) is 5.88 Å². The third kappa shape index (κ3) is 5.13. The monoisotopic (exact) mass is 303 g/mol. The van der Waals surface area contributed by atoms with Gasteiger partial charge in [0, 0.05) is 25.4 Å². The predicted octanol–water partition coefficient (Wildman–Crippen LogP) is 2.23. The molecule has 21 heavy (non-hydrogen) atoms. The molecule has 2 rings (SSSR count). The summed E-state index contributed by atoms with van der Waals surface area (Å²) in [6.07, 6.45) is 1.55. The van der Waals surface area contributed by atoms with E-state index in [9.17, 15) is 18.0 Å². The van der Waals surface area contributed by atoms with Crippen molar-refractivity contribution in [2.75, 3.05) is 6.54 Å². The highest BCUT2D eigenvalue weighted by molar-refractivity contribution is 5.73. The second-order valence-electron chi connectivity index (χ2n) is 4.88. The number of carbonyl (C=O) groups excluding carboxylic acids is 1. The van der Waals surface area contributed by atoms with Gasteiger partial charge in [-0.05, 0) is 30.4 Å². The lowest BCUT2D eigenvalue weighted by Gasteiger charge is -2.29. The number of ether oxygens (including phenoxy) is 1. The maximum atomic E-state index is 12.6. The molecule has 1 fully saturated rings. The maximum absolute atomic E-state index is 12.6. The lowest BCUT2D eigenvalue weighted by molar-refractivity contribution is -0.0529. The molecule has 1 aromatic rings. The Kier molecular flexibility index (Phi) is 5.24. The molecule has 1 aliphatic rings.